The minimum absolute atomic E-state index is 0.0187. The van der Waals surface area contributed by atoms with Crippen LogP contribution in [0.25, 0.3) is 0 Å². The van der Waals surface area contributed by atoms with E-state index in [2.05, 4.69) is 10.3 Å². The largest absolute Gasteiger partial charge is 0.394 e. The number of alkyl halides is 2. The summed E-state index contributed by atoms with van der Waals surface area (Å²) in [5.41, 5.74) is -0.949. The van der Waals surface area contributed by atoms with Crippen LogP contribution in [0.1, 0.15) is 31.5 Å². The molecule has 1 heterocycles. The maximum Gasteiger partial charge on any atom is 0.381 e. The molecular weight excluding hydrogens is 292 g/mol. The zero-order valence-electron chi connectivity index (χ0n) is 11.0. The van der Waals surface area contributed by atoms with E-state index in [-0.39, 0.29) is 11.8 Å². The van der Waals surface area contributed by atoms with Crippen molar-refractivity contribution in [2.24, 2.45) is 7.05 Å². The number of hydrogen-bond acceptors (Lipinski definition) is 3. The molecular formula is C12H16ClF2N3O2. The summed E-state index contributed by atoms with van der Waals surface area (Å²) in [7, 11) is 1.31. The SMILES string of the molecule is Cn1c(Cl)cnc1C(F)(F)C(=O)NC1(CO)CCCC1. The lowest BCUT2D eigenvalue weighted by molar-refractivity contribution is -0.151. The second-order valence-corrected chi connectivity index (χ2v) is 5.52. The molecule has 0 bridgehead atoms. The summed E-state index contributed by atoms with van der Waals surface area (Å²) in [5.74, 6) is -5.97. The Labute approximate surface area is 119 Å². The Morgan fingerprint density at radius 1 is 1.60 bits per heavy atom. The summed E-state index contributed by atoms with van der Waals surface area (Å²) < 4.78 is 29.3. The van der Waals surface area contributed by atoms with Crippen LogP contribution in [-0.2, 0) is 17.8 Å². The fourth-order valence-electron chi connectivity index (χ4n) is 2.48. The molecule has 8 heteroatoms. The van der Waals surface area contributed by atoms with Gasteiger partial charge in [0, 0.05) is 7.05 Å². The first-order valence-corrected chi connectivity index (χ1v) is 6.69. The molecule has 0 saturated heterocycles. The molecule has 1 aromatic heterocycles. The normalized spacial score (nSPS) is 18.2. The lowest BCUT2D eigenvalue weighted by Crippen LogP contribution is -2.54. The van der Waals surface area contributed by atoms with Crippen LogP contribution in [0.3, 0.4) is 0 Å². The number of carbonyl (C=O) groups excluding carboxylic acids is 1. The number of aromatic nitrogens is 2. The minimum Gasteiger partial charge on any atom is -0.394 e. The molecule has 0 aromatic carbocycles. The molecule has 0 unspecified atom stereocenters. The van der Waals surface area contributed by atoms with Crippen molar-refractivity contribution in [2.45, 2.75) is 37.1 Å². The van der Waals surface area contributed by atoms with Gasteiger partial charge in [-0.05, 0) is 12.8 Å². The Balaban J connectivity index is 2.21. The third-order valence-corrected chi connectivity index (χ3v) is 4.09. The van der Waals surface area contributed by atoms with Crippen LogP contribution >= 0.6 is 11.6 Å². The van der Waals surface area contributed by atoms with Gasteiger partial charge >= 0.3 is 5.92 Å². The smallest absolute Gasteiger partial charge is 0.381 e. The summed E-state index contributed by atoms with van der Waals surface area (Å²) >= 11 is 5.66. The van der Waals surface area contributed by atoms with E-state index in [1.165, 1.54) is 7.05 Å². The third kappa shape index (κ3) is 2.52. The molecule has 0 radical (unpaired) electrons. The predicted octanol–water partition coefficient (Wildman–Crippen LogP) is 1.59. The molecule has 0 atom stereocenters. The highest BCUT2D eigenvalue weighted by molar-refractivity contribution is 6.29. The van der Waals surface area contributed by atoms with Gasteiger partial charge in [0.2, 0.25) is 0 Å². The number of halogens is 3. The molecule has 2 N–H and O–H groups in total. The molecule has 1 aromatic rings. The van der Waals surface area contributed by atoms with Gasteiger partial charge in [-0.25, -0.2) is 4.98 Å². The Bertz CT molecular complexity index is 513. The lowest BCUT2D eigenvalue weighted by Gasteiger charge is -2.29. The Kier molecular flexibility index (Phi) is 4.02. The number of nitrogens with zero attached hydrogens (tertiary/aromatic N) is 2. The number of imidazole rings is 1. The second-order valence-electron chi connectivity index (χ2n) is 5.14. The molecule has 112 valence electrons. The summed E-state index contributed by atoms with van der Waals surface area (Å²) in [5, 5.41) is 11.7. The zero-order valence-corrected chi connectivity index (χ0v) is 11.8. The molecule has 20 heavy (non-hydrogen) atoms. The van der Waals surface area contributed by atoms with Crippen molar-refractivity contribution in [3.8, 4) is 0 Å². The van der Waals surface area contributed by atoms with Crippen molar-refractivity contribution in [1.29, 1.82) is 0 Å². The van der Waals surface area contributed by atoms with Gasteiger partial charge in [0.1, 0.15) is 5.15 Å². The number of aliphatic hydroxyl groups excluding tert-OH is 1. The highest BCUT2D eigenvalue weighted by atomic mass is 35.5. The number of hydrogen-bond donors (Lipinski definition) is 2. The number of rotatable bonds is 4. The van der Waals surface area contributed by atoms with Crippen molar-refractivity contribution in [3.05, 3.63) is 17.2 Å². The minimum atomic E-state index is -3.80. The van der Waals surface area contributed by atoms with Crippen LogP contribution in [0, 0.1) is 0 Å². The second kappa shape index (κ2) is 5.29. The maximum absolute atomic E-state index is 14.1. The van der Waals surface area contributed by atoms with Gasteiger partial charge in [0.05, 0.1) is 18.3 Å². The van der Waals surface area contributed by atoms with Crippen molar-refractivity contribution in [1.82, 2.24) is 14.9 Å². The first kappa shape index (κ1) is 15.2. The summed E-state index contributed by atoms with van der Waals surface area (Å²) in [4.78, 5) is 15.4. The van der Waals surface area contributed by atoms with E-state index < -0.39 is 23.2 Å². The van der Waals surface area contributed by atoms with Gasteiger partial charge in [0.15, 0.2) is 5.82 Å². The lowest BCUT2D eigenvalue weighted by atomic mass is 9.98. The number of amides is 1. The van der Waals surface area contributed by atoms with Crippen LogP contribution in [0.2, 0.25) is 5.15 Å². The summed E-state index contributed by atoms with van der Waals surface area (Å²) in [6.45, 7) is -0.351. The van der Waals surface area contributed by atoms with E-state index >= 15 is 0 Å². The highest BCUT2D eigenvalue weighted by Gasteiger charge is 2.48. The standard InChI is InChI=1S/C12H16ClF2N3O2/c1-18-8(13)6-16-9(18)12(14,15)10(20)17-11(7-19)4-2-3-5-11/h6,19H,2-5,7H2,1H3,(H,17,20). The van der Waals surface area contributed by atoms with Gasteiger partial charge in [-0.15, -0.1) is 0 Å². The van der Waals surface area contributed by atoms with E-state index in [4.69, 9.17) is 11.6 Å². The van der Waals surface area contributed by atoms with Gasteiger partial charge in [-0.2, -0.15) is 8.78 Å². The van der Waals surface area contributed by atoms with Crippen molar-refractivity contribution >= 4 is 17.5 Å². The molecule has 5 nitrogen and oxygen atoms in total. The third-order valence-electron chi connectivity index (χ3n) is 3.74. The quantitative estimate of drug-likeness (QED) is 0.887. The molecule has 1 amide bonds. The molecule has 0 aliphatic heterocycles. The molecule has 0 spiro atoms. The van der Waals surface area contributed by atoms with E-state index in [1.54, 1.807) is 0 Å². The summed E-state index contributed by atoms with van der Waals surface area (Å²) in [6.07, 6.45) is 3.63. The maximum atomic E-state index is 14.1. The highest BCUT2D eigenvalue weighted by Crippen LogP contribution is 2.33. The van der Waals surface area contributed by atoms with Crippen LogP contribution in [0.15, 0.2) is 6.20 Å². The molecule has 1 saturated carbocycles. The van der Waals surface area contributed by atoms with Gasteiger partial charge in [0.25, 0.3) is 5.91 Å². The van der Waals surface area contributed by atoms with Crippen LogP contribution in [0.4, 0.5) is 8.78 Å². The Morgan fingerprint density at radius 3 is 2.65 bits per heavy atom. The van der Waals surface area contributed by atoms with Crippen molar-refractivity contribution in [3.63, 3.8) is 0 Å². The summed E-state index contributed by atoms with van der Waals surface area (Å²) in [6, 6.07) is 0. The van der Waals surface area contributed by atoms with Crippen molar-refractivity contribution in [2.75, 3.05) is 6.61 Å². The van der Waals surface area contributed by atoms with Crippen LogP contribution in [-0.4, -0.2) is 32.7 Å². The first-order chi connectivity index (χ1) is 9.32. The average molecular weight is 308 g/mol. The van der Waals surface area contributed by atoms with Gasteiger partial charge in [-0.1, -0.05) is 24.4 Å². The van der Waals surface area contributed by atoms with E-state index in [9.17, 15) is 18.7 Å². The number of nitrogens with one attached hydrogen (secondary N) is 1. The molecule has 2 rings (SSSR count). The average Bonchev–Trinajstić information content (AvgIpc) is 2.99. The zero-order chi connectivity index (χ0) is 15.0. The molecule has 1 aliphatic rings. The predicted molar refractivity (Wildman–Crippen MR) is 68.5 cm³/mol. The molecule has 1 aliphatic carbocycles. The molecule has 1 fully saturated rings. The van der Waals surface area contributed by atoms with Gasteiger partial charge < -0.3 is 15.0 Å². The van der Waals surface area contributed by atoms with Gasteiger partial charge in [-0.3, -0.25) is 4.79 Å². The van der Waals surface area contributed by atoms with Crippen LogP contribution in [0.5, 0.6) is 0 Å². The topological polar surface area (TPSA) is 67.2 Å². The number of carbonyl (C=O) groups is 1. The monoisotopic (exact) mass is 307 g/mol. The van der Waals surface area contributed by atoms with Crippen molar-refractivity contribution < 1.29 is 18.7 Å². The number of aliphatic hydroxyl groups is 1. The fraction of sp³-hybridized carbons (Fsp3) is 0.667. The Hall–Kier alpha value is -1.21. The van der Waals surface area contributed by atoms with Crippen LogP contribution < -0.4 is 5.32 Å². The van der Waals surface area contributed by atoms with E-state index in [0.717, 1.165) is 23.6 Å². The van der Waals surface area contributed by atoms with E-state index in [0.29, 0.717) is 12.8 Å². The Morgan fingerprint density at radius 2 is 2.20 bits per heavy atom. The fourth-order valence-corrected chi connectivity index (χ4v) is 2.60. The van der Waals surface area contributed by atoms with E-state index in [1.807, 2.05) is 0 Å². The first-order valence-electron chi connectivity index (χ1n) is 6.31.